The van der Waals surface area contributed by atoms with E-state index in [1.165, 1.54) is 18.6 Å². The van der Waals surface area contributed by atoms with Gasteiger partial charge in [-0.3, -0.25) is 0 Å². The number of halogens is 3. The maximum atomic E-state index is 14.3. The minimum absolute atomic E-state index is 0.123. The molecule has 0 bridgehead atoms. The summed E-state index contributed by atoms with van der Waals surface area (Å²) in [5, 5.41) is 10.0. The number of carboxylic acid groups (broad SMARTS) is 1. The average molecular weight is 474 g/mol. The van der Waals surface area contributed by atoms with Crippen LogP contribution in [-0.2, 0) is 22.1 Å². The fourth-order valence-corrected chi connectivity index (χ4v) is 4.15. The monoisotopic (exact) mass is 474 g/mol. The van der Waals surface area contributed by atoms with E-state index in [1.54, 1.807) is 49.7 Å². The van der Waals surface area contributed by atoms with Gasteiger partial charge in [-0.1, -0.05) is 6.07 Å². The molecule has 1 N–H and O–H groups in total. The van der Waals surface area contributed by atoms with Crippen molar-refractivity contribution in [2.45, 2.75) is 51.5 Å². The van der Waals surface area contributed by atoms with E-state index in [9.17, 15) is 23.1 Å². The highest BCUT2D eigenvalue weighted by Gasteiger charge is 2.41. The summed E-state index contributed by atoms with van der Waals surface area (Å²) < 4.78 is 55.7. The number of alkyl halides is 3. The van der Waals surface area contributed by atoms with Crippen LogP contribution >= 0.6 is 0 Å². The van der Waals surface area contributed by atoms with Gasteiger partial charge in [0.05, 0.1) is 29.8 Å². The van der Waals surface area contributed by atoms with Crippen molar-refractivity contribution in [3.05, 3.63) is 65.7 Å². The highest BCUT2D eigenvalue weighted by atomic mass is 19.4. The SMILES string of the molecule is CC(C)(C)OC(C(=O)O)c1c(C(F)(F)F)ccc(-n2ccnc2)c1-c1ccc2c(c1)CCCO2. The topological polar surface area (TPSA) is 73.6 Å². The number of aliphatic carboxylic acids is 1. The summed E-state index contributed by atoms with van der Waals surface area (Å²) in [7, 11) is 0. The number of aromatic nitrogens is 2. The summed E-state index contributed by atoms with van der Waals surface area (Å²) in [6, 6.07) is 7.36. The van der Waals surface area contributed by atoms with Crippen molar-refractivity contribution in [3.8, 4) is 22.6 Å². The van der Waals surface area contributed by atoms with Crippen LogP contribution in [0.15, 0.2) is 49.1 Å². The number of aryl methyl sites for hydroxylation is 1. The molecule has 6 nitrogen and oxygen atoms in total. The Morgan fingerprint density at radius 2 is 1.97 bits per heavy atom. The minimum atomic E-state index is -4.80. The number of nitrogens with zero attached hydrogens (tertiary/aromatic N) is 2. The maximum absolute atomic E-state index is 14.3. The highest BCUT2D eigenvalue weighted by molar-refractivity contribution is 5.85. The average Bonchev–Trinajstić information content (AvgIpc) is 3.29. The van der Waals surface area contributed by atoms with Gasteiger partial charge in [0.2, 0.25) is 0 Å². The first-order valence-electron chi connectivity index (χ1n) is 10.8. The lowest BCUT2D eigenvalue weighted by Crippen LogP contribution is -2.29. The van der Waals surface area contributed by atoms with E-state index in [0.29, 0.717) is 30.0 Å². The van der Waals surface area contributed by atoms with Crippen LogP contribution in [0.3, 0.4) is 0 Å². The molecule has 0 saturated heterocycles. The van der Waals surface area contributed by atoms with Crippen LogP contribution in [0.25, 0.3) is 16.8 Å². The number of hydrogen-bond acceptors (Lipinski definition) is 4. The Bertz CT molecular complexity index is 1200. The molecule has 0 radical (unpaired) electrons. The Labute approximate surface area is 195 Å². The lowest BCUT2D eigenvalue weighted by atomic mass is 9.88. The van der Waals surface area contributed by atoms with Crippen molar-refractivity contribution in [3.63, 3.8) is 0 Å². The van der Waals surface area contributed by atoms with Crippen molar-refractivity contribution < 1.29 is 32.5 Å². The molecular formula is C25H25F3N2O4. The third kappa shape index (κ3) is 4.79. The molecule has 34 heavy (non-hydrogen) atoms. The fraction of sp³-hybridized carbons (Fsp3) is 0.360. The molecule has 2 aromatic carbocycles. The Balaban J connectivity index is 2.08. The van der Waals surface area contributed by atoms with Crippen LogP contribution in [0.5, 0.6) is 5.75 Å². The van der Waals surface area contributed by atoms with E-state index in [-0.39, 0.29) is 5.56 Å². The van der Waals surface area contributed by atoms with Crippen molar-refractivity contribution in [2.24, 2.45) is 0 Å². The van der Waals surface area contributed by atoms with E-state index in [2.05, 4.69) is 4.98 Å². The molecule has 0 spiro atoms. The quantitative estimate of drug-likeness (QED) is 0.504. The van der Waals surface area contributed by atoms with E-state index < -0.39 is 35.0 Å². The summed E-state index contributed by atoms with van der Waals surface area (Å²) in [4.78, 5) is 16.4. The number of ether oxygens (including phenoxy) is 2. The van der Waals surface area contributed by atoms with Gasteiger partial charge in [-0.25, -0.2) is 9.78 Å². The molecule has 4 rings (SSSR count). The third-order valence-corrected chi connectivity index (χ3v) is 5.47. The molecule has 0 fully saturated rings. The largest absolute Gasteiger partial charge is 0.493 e. The molecule has 1 aliphatic heterocycles. The van der Waals surface area contributed by atoms with Crippen molar-refractivity contribution in [1.82, 2.24) is 9.55 Å². The molecule has 1 atom stereocenters. The van der Waals surface area contributed by atoms with Crippen molar-refractivity contribution in [2.75, 3.05) is 6.61 Å². The first-order valence-corrected chi connectivity index (χ1v) is 10.8. The molecule has 2 heterocycles. The Hall–Kier alpha value is -3.33. The normalized spacial score (nSPS) is 14.9. The predicted octanol–water partition coefficient (Wildman–Crippen LogP) is 5.82. The Morgan fingerprint density at radius 3 is 2.59 bits per heavy atom. The van der Waals surface area contributed by atoms with Gasteiger partial charge in [-0.2, -0.15) is 13.2 Å². The maximum Gasteiger partial charge on any atom is 0.416 e. The molecule has 0 aliphatic carbocycles. The third-order valence-electron chi connectivity index (χ3n) is 5.47. The predicted molar refractivity (Wildman–Crippen MR) is 119 cm³/mol. The van der Waals surface area contributed by atoms with E-state index >= 15 is 0 Å². The Morgan fingerprint density at radius 1 is 1.21 bits per heavy atom. The van der Waals surface area contributed by atoms with Gasteiger partial charge in [-0.05, 0) is 69.0 Å². The van der Waals surface area contributed by atoms with Crippen molar-refractivity contribution >= 4 is 5.97 Å². The van der Waals surface area contributed by atoms with Crippen LogP contribution < -0.4 is 4.74 Å². The summed E-state index contributed by atoms with van der Waals surface area (Å²) in [6.07, 6.45) is -0.617. The second kappa shape index (κ2) is 8.79. The molecule has 0 saturated carbocycles. The zero-order valence-corrected chi connectivity index (χ0v) is 19.0. The van der Waals surface area contributed by atoms with E-state index in [4.69, 9.17) is 9.47 Å². The lowest BCUT2D eigenvalue weighted by molar-refractivity contribution is -0.163. The number of fused-ring (bicyclic) bond motifs is 1. The number of rotatable bonds is 5. The number of benzene rings is 2. The minimum Gasteiger partial charge on any atom is -0.493 e. The van der Waals surface area contributed by atoms with Gasteiger partial charge >= 0.3 is 12.1 Å². The molecule has 1 unspecified atom stereocenters. The van der Waals surface area contributed by atoms with E-state index in [0.717, 1.165) is 18.1 Å². The van der Waals surface area contributed by atoms with Crippen LogP contribution in [-0.4, -0.2) is 32.8 Å². The molecule has 180 valence electrons. The fourth-order valence-electron chi connectivity index (χ4n) is 4.15. The molecule has 1 aliphatic rings. The number of carbonyl (C=O) groups is 1. The molecule has 9 heteroatoms. The summed E-state index contributed by atoms with van der Waals surface area (Å²) in [5.41, 5.74) is -0.739. The zero-order chi connectivity index (χ0) is 24.7. The lowest BCUT2D eigenvalue weighted by Gasteiger charge is -2.30. The Kier molecular flexibility index (Phi) is 6.16. The van der Waals surface area contributed by atoms with Crippen LogP contribution in [0.4, 0.5) is 13.2 Å². The van der Waals surface area contributed by atoms with Gasteiger partial charge in [0.25, 0.3) is 0 Å². The van der Waals surface area contributed by atoms with Gasteiger partial charge in [0.1, 0.15) is 5.75 Å². The smallest absolute Gasteiger partial charge is 0.416 e. The van der Waals surface area contributed by atoms with E-state index in [1.807, 2.05) is 0 Å². The second-order valence-corrected chi connectivity index (χ2v) is 9.11. The van der Waals surface area contributed by atoms with Gasteiger partial charge in [0.15, 0.2) is 6.10 Å². The standard InChI is InChI=1S/C25H25F3N2O4/c1-24(2,3)34-22(23(31)32)21-17(25(26,27)28)7-8-18(30-11-10-29-14-30)20(21)16-6-9-19-15(13-16)5-4-12-33-19/h6-11,13-14,22H,4-5,12H2,1-3H3,(H,31,32). The molecule has 0 amide bonds. The summed E-state index contributed by atoms with van der Waals surface area (Å²) in [5.74, 6) is -0.834. The molecule has 3 aromatic rings. The van der Waals surface area contributed by atoms with Gasteiger partial charge in [0, 0.05) is 23.5 Å². The van der Waals surface area contributed by atoms with Crippen LogP contribution in [0.1, 0.15) is 50.0 Å². The first kappa shape index (κ1) is 23.8. The molecular weight excluding hydrogens is 449 g/mol. The number of hydrogen-bond donors (Lipinski definition) is 1. The molecule has 1 aromatic heterocycles. The van der Waals surface area contributed by atoms with Crippen LogP contribution in [0.2, 0.25) is 0 Å². The van der Waals surface area contributed by atoms with Crippen molar-refractivity contribution in [1.29, 1.82) is 0 Å². The highest BCUT2D eigenvalue weighted by Crippen LogP contribution is 2.45. The number of carboxylic acids is 1. The second-order valence-electron chi connectivity index (χ2n) is 9.11. The summed E-state index contributed by atoms with van der Waals surface area (Å²) >= 11 is 0. The van der Waals surface area contributed by atoms with Crippen LogP contribution in [0, 0.1) is 0 Å². The number of imidazole rings is 1. The van der Waals surface area contributed by atoms with Gasteiger partial charge in [-0.15, -0.1) is 0 Å². The summed E-state index contributed by atoms with van der Waals surface area (Å²) in [6.45, 7) is 5.38. The first-order chi connectivity index (χ1) is 16.0. The zero-order valence-electron chi connectivity index (χ0n) is 19.0. The van der Waals surface area contributed by atoms with Gasteiger partial charge < -0.3 is 19.1 Å².